The van der Waals surface area contributed by atoms with Crippen LogP contribution in [-0.4, -0.2) is 32.3 Å². The maximum Gasteiger partial charge on any atom is 0.288 e. The molecule has 176 valence electrons. The van der Waals surface area contributed by atoms with Gasteiger partial charge >= 0.3 is 0 Å². The molecule has 0 aliphatic carbocycles. The van der Waals surface area contributed by atoms with Crippen molar-refractivity contribution in [2.45, 2.75) is 12.1 Å². The lowest BCUT2D eigenvalue weighted by Crippen LogP contribution is -2.24. The molecule has 0 radical (unpaired) electrons. The fourth-order valence-corrected chi connectivity index (χ4v) is 4.21. The molecule has 0 aliphatic rings. The third-order valence-corrected chi connectivity index (χ3v) is 6.20. The number of hydrazone groups is 1. The predicted molar refractivity (Wildman–Crippen MR) is 137 cm³/mol. The number of hydrogen-bond acceptors (Lipinski definition) is 7. The van der Waals surface area contributed by atoms with Crippen LogP contribution in [0, 0.1) is 17.0 Å². The van der Waals surface area contributed by atoms with Crippen LogP contribution < -0.4 is 11.0 Å². The number of amides is 1. The van der Waals surface area contributed by atoms with Gasteiger partial charge in [0.1, 0.15) is 5.02 Å². The number of fused-ring (bicyclic) bond motifs is 1. The summed E-state index contributed by atoms with van der Waals surface area (Å²) in [6, 6.07) is 18.7. The molecule has 0 spiro atoms. The lowest BCUT2D eigenvalue weighted by Gasteiger charge is -2.13. The summed E-state index contributed by atoms with van der Waals surface area (Å²) >= 11 is 6.90. The average molecular weight is 508 g/mol. The molecule has 0 aliphatic heterocycles. The molecule has 9 nitrogen and oxygen atoms in total. The van der Waals surface area contributed by atoms with Crippen molar-refractivity contribution in [3.05, 3.63) is 103 Å². The van der Waals surface area contributed by atoms with Gasteiger partial charge in [0, 0.05) is 11.6 Å². The Bertz CT molecular complexity index is 1520. The average Bonchev–Trinajstić information content (AvgIpc) is 2.84. The number of carbonyl (C=O) groups is 1. The summed E-state index contributed by atoms with van der Waals surface area (Å²) in [7, 11) is 0. The number of nitrogens with one attached hydrogen (secondary N) is 1. The second-order valence-electron chi connectivity index (χ2n) is 7.44. The molecule has 0 bridgehead atoms. The zero-order valence-electron chi connectivity index (χ0n) is 18.3. The molecule has 0 saturated carbocycles. The van der Waals surface area contributed by atoms with Gasteiger partial charge in [0.25, 0.3) is 17.2 Å². The van der Waals surface area contributed by atoms with Crippen molar-refractivity contribution in [2.24, 2.45) is 5.10 Å². The molecule has 1 aromatic heterocycles. The van der Waals surface area contributed by atoms with Gasteiger partial charge in [-0.25, -0.2) is 10.4 Å². The number of carbonyl (C=O) groups excluding carboxylic acids is 1. The summed E-state index contributed by atoms with van der Waals surface area (Å²) in [4.78, 5) is 40.6. The molecule has 0 unspecified atom stereocenters. The van der Waals surface area contributed by atoms with Crippen molar-refractivity contribution in [1.82, 2.24) is 15.0 Å². The molecule has 4 aromatic rings. The Morgan fingerprint density at radius 2 is 1.94 bits per heavy atom. The number of nitro benzene ring substituents is 1. The maximum absolute atomic E-state index is 13.2. The molecule has 0 fully saturated rings. The number of aryl methyl sites for hydroxylation is 1. The lowest BCUT2D eigenvalue weighted by molar-refractivity contribution is -0.384. The molecule has 1 N–H and O–H groups in total. The number of rotatable bonds is 7. The first-order valence-electron chi connectivity index (χ1n) is 10.3. The Balaban J connectivity index is 1.53. The molecule has 1 heterocycles. The second-order valence-corrected chi connectivity index (χ2v) is 8.79. The summed E-state index contributed by atoms with van der Waals surface area (Å²) in [6.45, 7) is 1.95. The second kappa shape index (κ2) is 10.5. The Kier molecular flexibility index (Phi) is 7.23. The number of halogens is 1. The molecule has 35 heavy (non-hydrogen) atoms. The number of thioether (sulfide) groups is 1. The highest BCUT2D eigenvalue weighted by atomic mass is 35.5. The number of aromatic nitrogens is 2. The van der Waals surface area contributed by atoms with E-state index in [1.54, 1.807) is 30.3 Å². The third kappa shape index (κ3) is 5.56. The SMILES string of the molecule is Cc1ccc(-n2c(SCC(=O)N/N=C/c3ccc(Cl)c([N+](=O)[O-])c3)nc3ccccc3c2=O)cc1. The van der Waals surface area contributed by atoms with E-state index in [9.17, 15) is 19.7 Å². The van der Waals surface area contributed by atoms with Gasteiger partial charge in [-0.05, 0) is 37.3 Å². The molecule has 1 amide bonds. The first-order valence-corrected chi connectivity index (χ1v) is 11.7. The first-order chi connectivity index (χ1) is 16.8. The zero-order chi connectivity index (χ0) is 24.9. The van der Waals surface area contributed by atoms with Gasteiger partial charge in [0.15, 0.2) is 5.16 Å². The van der Waals surface area contributed by atoms with E-state index in [2.05, 4.69) is 15.5 Å². The third-order valence-electron chi connectivity index (χ3n) is 4.94. The monoisotopic (exact) mass is 507 g/mol. The van der Waals surface area contributed by atoms with E-state index in [1.807, 2.05) is 31.2 Å². The van der Waals surface area contributed by atoms with Crippen LogP contribution in [0.2, 0.25) is 5.02 Å². The van der Waals surface area contributed by atoms with E-state index in [4.69, 9.17) is 11.6 Å². The number of nitrogens with zero attached hydrogens (tertiary/aromatic N) is 4. The minimum absolute atomic E-state index is 0.00935. The molecule has 11 heteroatoms. The van der Waals surface area contributed by atoms with Gasteiger partial charge in [-0.2, -0.15) is 5.10 Å². The zero-order valence-corrected chi connectivity index (χ0v) is 19.9. The fourth-order valence-electron chi connectivity index (χ4n) is 3.22. The number of hydrogen-bond donors (Lipinski definition) is 1. The van der Waals surface area contributed by atoms with Gasteiger partial charge in [-0.15, -0.1) is 0 Å². The lowest BCUT2D eigenvalue weighted by atomic mass is 10.2. The van der Waals surface area contributed by atoms with Crippen LogP contribution in [0.1, 0.15) is 11.1 Å². The number of benzene rings is 3. The van der Waals surface area contributed by atoms with Gasteiger partial charge in [-0.1, -0.05) is 59.3 Å². The van der Waals surface area contributed by atoms with Crippen molar-refractivity contribution in [1.29, 1.82) is 0 Å². The quantitative estimate of drug-likeness (QED) is 0.129. The van der Waals surface area contributed by atoms with E-state index in [0.717, 1.165) is 17.3 Å². The van der Waals surface area contributed by atoms with Crippen molar-refractivity contribution in [3.8, 4) is 5.69 Å². The minimum Gasteiger partial charge on any atom is -0.272 e. The highest BCUT2D eigenvalue weighted by Gasteiger charge is 2.15. The molecule has 0 atom stereocenters. The number of para-hydroxylation sites is 1. The smallest absolute Gasteiger partial charge is 0.272 e. The molecule has 4 rings (SSSR count). The molecule has 0 saturated heterocycles. The van der Waals surface area contributed by atoms with E-state index in [-0.39, 0.29) is 22.0 Å². The van der Waals surface area contributed by atoms with Crippen LogP contribution in [0.4, 0.5) is 5.69 Å². The first kappa shape index (κ1) is 24.1. The summed E-state index contributed by atoms with van der Waals surface area (Å²) in [5.74, 6) is -0.498. The predicted octanol–water partition coefficient (Wildman–Crippen LogP) is 4.50. The maximum atomic E-state index is 13.2. The number of nitro groups is 1. The van der Waals surface area contributed by atoms with Crippen molar-refractivity contribution in [3.63, 3.8) is 0 Å². The van der Waals surface area contributed by atoms with E-state index in [1.165, 1.54) is 22.9 Å². The van der Waals surface area contributed by atoms with Crippen molar-refractivity contribution >= 4 is 52.1 Å². The van der Waals surface area contributed by atoms with Crippen LogP contribution >= 0.6 is 23.4 Å². The normalized spacial score (nSPS) is 11.1. The Morgan fingerprint density at radius 3 is 2.69 bits per heavy atom. The van der Waals surface area contributed by atoms with E-state index < -0.39 is 10.8 Å². The standard InChI is InChI=1S/C24H18ClN5O4S/c1-15-6-9-17(10-7-15)29-23(32)18-4-2-3-5-20(18)27-24(29)35-14-22(31)28-26-13-16-8-11-19(25)21(12-16)30(33)34/h2-13H,14H2,1H3,(H,28,31)/b26-13+. The van der Waals surface area contributed by atoms with Gasteiger partial charge in [-0.3, -0.25) is 24.3 Å². The summed E-state index contributed by atoms with van der Waals surface area (Å²) in [6.07, 6.45) is 1.28. The highest BCUT2D eigenvalue weighted by Crippen LogP contribution is 2.24. The van der Waals surface area contributed by atoms with Crippen LogP contribution in [0.15, 0.2) is 81.8 Å². The van der Waals surface area contributed by atoms with Crippen LogP contribution in [0.5, 0.6) is 0 Å². The van der Waals surface area contributed by atoms with Crippen molar-refractivity contribution < 1.29 is 9.72 Å². The van der Waals surface area contributed by atoms with Crippen LogP contribution in [-0.2, 0) is 4.79 Å². The fraction of sp³-hybridized carbons (Fsp3) is 0.0833. The van der Waals surface area contributed by atoms with E-state index >= 15 is 0 Å². The largest absolute Gasteiger partial charge is 0.288 e. The Morgan fingerprint density at radius 1 is 1.20 bits per heavy atom. The van der Waals surface area contributed by atoms with Gasteiger partial charge in [0.2, 0.25) is 0 Å². The minimum atomic E-state index is -0.598. The van der Waals surface area contributed by atoms with Crippen LogP contribution in [0.25, 0.3) is 16.6 Å². The van der Waals surface area contributed by atoms with Crippen LogP contribution in [0.3, 0.4) is 0 Å². The Labute approximate surface area is 208 Å². The Hall–Kier alpha value is -4.02. The van der Waals surface area contributed by atoms with Crippen molar-refractivity contribution in [2.75, 3.05) is 5.75 Å². The molecule has 3 aromatic carbocycles. The summed E-state index contributed by atoms with van der Waals surface area (Å²) < 4.78 is 1.48. The topological polar surface area (TPSA) is 119 Å². The summed E-state index contributed by atoms with van der Waals surface area (Å²) in [5, 5.41) is 15.7. The molecular formula is C24H18ClN5O4S. The van der Waals surface area contributed by atoms with E-state index in [0.29, 0.717) is 27.3 Å². The molecular weight excluding hydrogens is 490 g/mol. The highest BCUT2D eigenvalue weighted by molar-refractivity contribution is 7.99. The van der Waals surface area contributed by atoms with Gasteiger partial charge < -0.3 is 0 Å². The van der Waals surface area contributed by atoms with Gasteiger partial charge in [0.05, 0.1) is 33.5 Å². The summed E-state index contributed by atoms with van der Waals surface area (Å²) in [5.41, 5.74) is 4.51.